The Bertz CT molecular complexity index is 408. The molecule has 4 heteroatoms. The molecule has 1 saturated heterocycles. The largest absolute Gasteiger partial charge is 0.392 e. The number of carbonyl (C=O) groups excluding carboxylic acids is 1. The smallest absolute Gasteiger partial charge is 0.178 e. The Morgan fingerprint density at radius 1 is 1.47 bits per heavy atom. The van der Waals surface area contributed by atoms with Crippen molar-refractivity contribution in [3.8, 4) is 0 Å². The van der Waals surface area contributed by atoms with Crippen molar-refractivity contribution >= 4 is 17.4 Å². The molecule has 3 nitrogen and oxygen atoms in total. The highest BCUT2D eigenvalue weighted by Crippen LogP contribution is 2.17. The van der Waals surface area contributed by atoms with Crippen LogP contribution in [0.25, 0.3) is 0 Å². The third-order valence-electron chi connectivity index (χ3n) is 3.02. The van der Waals surface area contributed by atoms with Gasteiger partial charge in [-0.2, -0.15) is 0 Å². The molecule has 0 aromatic heterocycles. The molecule has 0 radical (unpaired) electrons. The molecule has 1 aromatic carbocycles. The first kappa shape index (κ1) is 12.6. The van der Waals surface area contributed by atoms with Crippen molar-refractivity contribution in [2.75, 3.05) is 19.6 Å². The van der Waals surface area contributed by atoms with Gasteiger partial charge >= 0.3 is 0 Å². The van der Waals surface area contributed by atoms with E-state index in [0.29, 0.717) is 23.7 Å². The minimum Gasteiger partial charge on any atom is -0.392 e. The quantitative estimate of drug-likeness (QED) is 0.838. The number of halogens is 1. The molecule has 0 bridgehead atoms. The van der Waals surface area contributed by atoms with Crippen molar-refractivity contribution in [2.24, 2.45) is 0 Å². The molecule has 0 aliphatic carbocycles. The molecule has 0 amide bonds. The second-order valence-electron chi connectivity index (χ2n) is 4.43. The van der Waals surface area contributed by atoms with E-state index in [4.69, 9.17) is 11.6 Å². The van der Waals surface area contributed by atoms with Gasteiger partial charge in [-0.15, -0.1) is 0 Å². The monoisotopic (exact) mass is 253 g/mol. The van der Waals surface area contributed by atoms with Gasteiger partial charge in [0.1, 0.15) is 0 Å². The van der Waals surface area contributed by atoms with Crippen molar-refractivity contribution in [3.05, 3.63) is 34.9 Å². The molecule has 92 valence electrons. The number of nitrogens with zero attached hydrogens (tertiary/aromatic N) is 1. The second-order valence-corrected chi connectivity index (χ2v) is 4.84. The van der Waals surface area contributed by atoms with Crippen LogP contribution < -0.4 is 0 Å². The maximum Gasteiger partial charge on any atom is 0.178 e. The molecule has 1 unspecified atom stereocenters. The number of likely N-dealkylation sites (tertiary alicyclic amines) is 1. The molecular weight excluding hydrogens is 238 g/mol. The van der Waals surface area contributed by atoms with Gasteiger partial charge in [-0.05, 0) is 31.5 Å². The first-order chi connectivity index (χ1) is 8.16. The Balaban J connectivity index is 1.99. The first-order valence-electron chi connectivity index (χ1n) is 5.85. The van der Waals surface area contributed by atoms with Crippen LogP contribution in [0.5, 0.6) is 0 Å². The summed E-state index contributed by atoms with van der Waals surface area (Å²) in [5, 5.41) is 10.0. The maximum absolute atomic E-state index is 12.0. The van der Waals surface area contributed by atoms with E-state index in [-0.39, 0.29) is 11.9 Å². The van der Waals surface area contributed by atoms with Crippen LogP contribution in [-0.4, -0.2) is 41.5 Å². The number of Topliss-reactive ketones (excluding diaryl/α,β-unsaturated/α-hetero) is 1. The van der Waals surface area contributed by atoms with Crippen molar-refractivity contribution < 1.29 is 9.90 Å². The molecule has 17 heavy (non-hydrogen) atoms. The van der Waals surface area contributed by atoms with Crippen LogP contribution in [0.15, 0.2) is 24.3 Å². The second kappa shape index (κ2) is 5.63. The number of hydrogen-bond donors (Lipinski definition) is 1. The summed E-state index contributed by atoms with van der Waals surface area (Å²) in [6, 6.07) is 7.08. The molecule has 1 aliphatic heterocycles. The number of hydrogen-bond acceptors (Lipinski definition) is 3. The SMILES string of the molecule is O=C(CN1CCCC(O)C1)c1ccccc1Cl. The van der Waals surface area contributed by atoms with E-state index >= 15 is 0 Å². The van der Waals surface area contributed by atoms with Gasteiger partial charge in [0.25, 0.3) is 0 Å². The standard InChI is InChI=1S/C13H16ClNO2/c14-12-6-2-1-5-11(12)13(17)9-15-7-3-4-10(16)8-15/h1-2,5-6,10,16H,3-4,7-9H2. The zero-order chi connectivity index (χ0) is 12.3. The van der Waals surface area contributed by atoms with Crippen LogP contribution in [0.3, 0.4) is 0 Å². The maximum atomic E-state index is 12.0. The van der Waals surface area contributed by atoms with Gasteiger partial charge in [0, 0.05) is 12.1 Å². The van der Waals surface area contributed by atoms with E-state index < -0.39 is 0 Å². The van der Waals surface area contributed by atoms with Gasteiger partial charge in [-0.1, -0.05) is 23.7 Å². The lowest BCUT2D eigenvalue weighted by molar-refractivity contribution is 0.0634. The fourth-order valence-corrected chi connectivity index (χ4v) is 2.39. The normalized spacial score (nSPS) is 21.4. The summed E-state index contributed by atoms with van der Waals surface area (Å²) in [6.45, 7) is 1.78. The predicted octanol–water partition coefficient (Wildman–Crippen LogP) is 1.98. The van der Waals surface area contributed by atoms with Crippen molar-refractivity contribution in [1.82, 2.24) is 4.90 Å². The summed E-state index contributed by atoms with van der Waals surface area (Å²) in [5.41, 5.74) is 0.564. The fourth-order valence-electron chi connectivity index (χ4n) is 2.15. The Hall–Kier alpha value is -0.900. The van der Waals surface area contributed by atoms with E-state index in [0.717, 1.165) is 19.4 Å². The summed E-state index contributed by atoms with van der Waals surface area (Å²) in [4.78, 5) is 14.0. The topological polar surface area (TPSA) is 40.5 Å². The summed E-state index contributed by atoms with van der Waals surface area (Å²) in [5.74, 6) is 0.0182. The number of aliphatic hydroxyl groups excluding tert-OH is 1. The number of aliphatic hydroxyl groups is 1. The summed E-state index contributed by atoms with van der Waals surface area (Å²) < 4.78 is 0. The van der Waals surface area contributed by atoms with Crippen LogP contribution in [0, 0.1) is 0 Å². The van der Waals surface area contributed by atoms with Gasteiger partial charge in [-0.25, -0.2) is 0 Å². The van der Waals surface area contributed by atoms with Crippen LogP contribution in [0.1, 0.15) is 23.2 Å². The molecule has 1 aliphatic rings. The Morgan fingerprint density at radius 2 is 2.24 bits per heavy atom. The van der Waals surface area contributed by atoms with Crippen molar-refractivity contribution in [1.29, 1.82) is 0 Å². The van der Waals surface area contributed by atoms with E-state index in [1.54, 1.807) is 12.1 Å². The molecule has 1 heterocycles. The number of piperidine rings is 1. The van der Waals surface area contributed by atoms with Crippen LogP contribution in [0.4, 0.5) is 0 Å². The molecule has 2 rings (SSSR count). The number of ketones is 1. The van der Waals surface area contributed by atoms with Gasteiger partial charge in [0.15, 0.2) is 5.78 Å². The predicted molar refractivity (Wildman–Crippen MR) is 67.5 cm³/mol. The number of rotatable bonds is 3. The Morgan fingerprint density at radius 3 is 2.94 bits per heavy atom. The summed E-state index contributed by atoms with van der Waals surface area (Å²) in [6.07, 6.45) is 1.47. The average Bonchev–Trinajstić information content (AvgIpc) is 2.29. The van der Waals surface area contributed by atoms with Gasteiger partial charge in [0.2, 0.25) is 0 Å². The highest BCUT2D eigenvalue weighted by Gasteiger charge is 2.20. The van der Waals surface area contributed by atoms with E-state index in [2.05, 4.69) is 0 Å². The van der Waals surface area contributed by atoms with Gasteiger partial charge in [0.05, 0.1) is 17.7 Å². The minimum atomic E-state index is -0.303. The third-order valence-corrected chi connectivity index (χ3v) is 3.35. The average molecular weight is 254 g/mol. The molecule has 1 atom stereocenters. The highest BCUT2D eigenvalue weighted by molar-refractivity contribution is 6.34. The van der Waals surface area contributed by atoms with E-state index in [9.17, 15) is 9.90 Å². The number of carbonyl (C=O) groups is 1. The van der Waals surface area contributed by atoms with Crippen LogP contribution in [-0.2, 0) is 0 Å². The van der Waals surface area contributed by atoms with Crippen LogP contribution in [0.2, 0.25) is 5.02 Å². The molecule has 1 aromatic rings. The number of benzene rings is 1. The lowest BCUT2D eigenvalue weighted by Gasteiger charge is -2.29. The Labute approximate surface area is 106 Å². The third kappa shape index (κ3) is 3.28. The molecule has 1 N–H and O–H groups in total. The van der Waals surface area contributed by atoms with Gasteiger partial charge < -0.3 is 5.11 Å². The van der Waals surface area contributed by atoms with Gasteiger partial charge in [-0.3, -0.25) is 9.69 Å². The first-order valence-corrected chi connectivity index (χ1v) is 6.23. The zero-order valence-electron chi connectivity index (χ0n) is 9.60. The number of β-amino-alcohol motifs (C(OH)–C–C–N with tert-alkyl or cyclic N) is 1. The fraction of sp³-hybridized carbons (Fsp3) is 0.462. The van der Waals surface area contributed by atoms with Crippen molar-refractivity contribution in [2.45, 2.75) is 18.9 Å². The van der Waals surface area contributed by atoms with E-state index in [1.807, 2.05) is 17.0 Å². The summed E-state index contributed by atoms with van der Waals surface area (Å²) >= 11 is 5.98. The zero-order valence-corrected chi connectivity index (χ0v) is 10.4. The Kier molecular flexibility index (Phi) is 4.15. The molecule has 0 saturated carbocycles. The molecule has 0 spiro atoms. The molecular formula is C13H16ClNO2. The highest BCUT2D eigenvalue weighted by atomic mass is 35.5. The summed E-state index contributed by atoms with van der Waals surface area (Å²) in [7, 11) is 0. The molecule has 1 fully saturated rings. The lowest BCUT2D eigenvalue weighted by Crippen LogP contribution is -2.41. The van der Waals surface area contributed by atoms with Crippen molar-refractivity contribution in [3.63, 3.8) is 0 Å². The van der Waals surface area contributed by atoms with Crippen LogP contribution >= 0.6 is 11.6 Å². The lowest BCUT2D eigenvalue weighted by atomic mass is 10.1. The van der Waals surface area contributed by atoms with E-state index in [1.165, 1.54) is 0 Å². The minimum absolute atomic E-state index is 0.0182.